The zero-order valence-electron chi connectivity index (χ0n) is 17.3. The van der Waals surface area contributed by atoms with Crippen molar-refractivity contribution in [3.63, 3.8) is 0 Å². The number of hydrogen-bond donors (Lipinski definition) is 2. The van der Waals surface area contributed by atoms with Crippen molar-refractivity contribution in [1.82, 2.24) is 14.1 Å². The molecule has 2 N–H and O–H groups in total. The molecule has 31 heavy (non-hydrogen) atoms. The van der Waals surface area contributed by atoms with Gasteiger partial charge in [-0.05, 0) is 47.9 Å². The van der Waals surface area contributed by atoms with Gasteiger partial charge in [0, 0.05) is 24.0 Å². The third-order valence-corrected chi connectivity index (χ3v) is 5.44. The first-order valence-electron chi connectivity index (χ1n) is 9.78. The minimum absolute atomic E-state index is 0.194. The van der Waals surface area contributed by atoms with Crippen molar-refractivity contribution in [1.29, 1.82) is 0 Å². The van der Waals surface area contributed by atoms with Crippen LogP contribution in [0.1, 0.15) is 35.7 Å². The van der Waals surface area contributed by atoms with E-state index < -0.39 is 17.2 Å². The first-order chi connectivity index (χ1) is 14.8. The Morgan fingerprint density at radius 1 is 1.03 bits per heavy atom. The number of aromatic nitrogens is 3. The fourth-order valence-electron chi connectivity index (χ4n) is 3.52. The molecule has 4 rings (SSSR count). The second kappa shape index (κ2) is 7.92. The Balaban J connectivity index is 1.76. The van der Waals surface area contributed by atoms with E-state index in [4.69, 9.17) is 11.6 Å². The lowest BCUT2D eigenvalue weighted by Gasteiger charge is -2.08. The van der Waals surface area contributed by atoms with E-state index in [-0.39, 0.29) is 16.6 Å². The van der Waals surface area contributed by atoms with Gasteiger partial charge in [-0.25, -0.2) is 9.36 Å². The van der Waals surface area contributed by atoms with Crippen molar-refractivity contribution in [3.8, 4) is 5.69 Å². The van der Waals surface area contributed by atoms with Crippen LogP contribution in [0.2, 0.25) is 5.02 Å². The van der Waals surface area contributed by atoms with Crippen LogP contribution in [0.25, 0.3) is 16.7 Å². The summed E-state index contributed by atoms with van der Waals surface area (Å²) < 4.78 is 2.56. The molecule has 2 heterocycles. The number of hydrogen-bond acceptors (Lipinski definition) is 3. The van der Waals surface area contributed by atoms with E-state index in [2.05, 4.69) is 24.1 Å². The molecule has 2 aromatic carbocycles. The van der Waals surface area contributed by atoms with Crippen LogP contribution in [-0.4, -0.2) is 20.0 Å². The Morgan fingerprint density at radius 3 is 2.29 bits per heavy atom. The third kappa shape index (κ3) is 3.80. The number of rotatable bonds is 4. The molecular weight excluding hydrogens is 416 g/mol. The Morgan fingerprint density at radius 2 is 1.68 bits per heavy atom. The zero-order chi connectivity index (χ0) is 22.3. The van der Waals surface area contributed by atoms with E-state index in [9.17, 15) is 14.4 Å². The maximum atomic E-state index is 13.1. The topological polar surface area (TPSA) is 88.9 Å². The molecule has 0 spiro atoms. The van der Waals surface area contributed by atoms with E-state index in [1.54, 1.807) is 31.3 Å². The fourth-order valence-corrected chi connectivity index (χ4v) is 3.64. The summed E-state index contributed by atoms with van der Waals surface area (Å²) >= 11 is 5.91. The third-order valence-electron chi connectivity index (χ3n) is 5.19. The summed E-state index contributed by atoms with van der Waals surface area (Å²) in [5.74, 6) is -0.0297. The maximum Gasteiger partial charge on any atom is 0.333 e. The van der Waals surface area contributed by atoms with Gasteiger partial charge in [0.2, 0.25) is 0 Å². The van der Waals surface area contributed by atoms with E-state index in [1.165, 1.54) is 10.8 Å². The highest BCUT2D eigenvalue weighted by Crippen LogP contribution is 2.20. The largest absolute Gasteiger partial charge is 0.344 e. The van der Waals surface area contributed by atoms with Crippen LogP contribution in [0.3, 0.4) is 0 Å². The van der Waals surface area contributed by atoms with Crippen LogP contribution in [0.15, 0.2) is 64.3 Å². The first-order valence-corrected chi connectivity index (χ1v) is 10.2. The molecule has 0 atom stereocenters. The molecule has 0 bridgehead atoms. The van der Waals surface area contributed by atoms with Gasteiger partial charge in [0.25, 0.3) is 11.5 Å². The van der Waals surface area contributed by atoms with Gasteiger partial charge in [-0.2, -0.15) is 0 Å². The molecule has 158 valence electrons. The summed E-state index contributed by atoms with van der Waals surface area (Å²) in [6, 6.07) is 13.9. The minimum Gasteiger partial charge on any atom is -0.344 e. The van der Waals surface area contributed by atoms with Crippen LogP contribution in [0, 0.1) is 0 Å². The van der Waals surface area contributed by atoms with E-state index in [1.807, 2.05) is 24.3 Å². The van der Waals surface area contributed by atoms with Gasteiger partial charge in [-0.3, -0.25) is 9.59 Å². The second-order valence-corrected chi connectivity index (χ2v) is 8.09. The summed E-state index contributed by atoms with van der Waals surface area (Å²) in [6.07, 6.45) is 1.53. The molecule has 0 saturated carbocycles. The number of nitrogens with one attached hydrogen (secondary N) is 2. The molecule has 0 saturated heterocycles. The quantitative estimate of drug-likeness (QED) is 0.505. The van der Waals surface area contributed by atoms with E-state index >= 15 is 0 Å². The number of H-pyrrole nitrogens is 1. The normalized spacial score (nSPS) is 11.3. The van der Waals surface area contributed by atoms with Crippen molar-refractivity contribution in [3.05, 3.63) is 91.7 Å². The lowest BCUT2D eigenvalue weighted by Crippen LogP contribution is -2.34. The molecule has 1 amide bonds. The molecule has 8 heteroatoms. The van der Waals surface area contributed by atoms with Crippen LogP contribution in [0.5, 0.6) is 0 Å². The smallest absolute Gasteiger partial charge is 0.333 e. The average Bonchev–Trinajstić information content (AvgIpc) is 3.06. The molecule has 0 aliphatic carbocycles. The van der Waals surface area contributed by atoms with Crippen molar-refractivity contribution in [2.24, 2.45) is 7.05 Å². The summed E-state index contributed by atoms with van der Waals surface area (Å²) in [4.78, 5) is 41.4. The Hall–Kier alpha value is -3.58. The predicted octanol–water partition coefficient (Wildman–Crippen LogP) is 4.05. The SMILES string of the molecule is CC(C)c1ccc(NC(=O)c2cn(C)c3c(=O)n(-c4ccc(Cl)cc4)c(=O)[nH]c23)cc1. The first kappa shape index (κ1) is 20.7. The van der Waals surface area contributed by atoms with Gasteiger partial charge in [-0.1, -0.05) is 37.6 Å². The number of aryl methyl sites for hydroxylation is 1. The van der Waals surface area contributed by atoms with E-state index in [0.29, 0.717) is 22.3 Å². The lowest BCUT2D eigenvalue weighted by molar-refractivity contribution is 0.102. The predicted molar refractivity (Wildman–Crippen MR) is 123 cm³/mol. The zero-order valence-corrected chi connectivity index (χ0v) is 18.0. The molecule has 0 fully saturated rings. The molecule has 7 nitrogen and oxygen atoms in total. The van der Waals surface area contributed by atoms with Crippen LogP contribution in [-0.2, 0) is 7.05 Å². The highest BCUT2D eigenvalue weighted by atomic mass is 35.5. The molecule has 0 unspecified atom stereocenters. The van der Waals surface area contributed by atoms with Gasteiger partial charge in [0.15, 0.2) is 0 Å². The Bertz CT molecular complexity index is 1390. The fraction of sp³-hybridized carbons (Fsp3) is 0.174. The summed E-state index contributed by atoms with van der Waals surface area (Å²) in [7, 11) is 1.66. The minimum atomic E-state index is -0.638. The van der Waals surface area contributed by atoms with Crippen molar-refractivity contribution >= 4 is 34.2 Å². The Labute approximate surface area is 182 Å². The highest BCUT2D eigenvalue weighted by molar-refractivity contribution is 6.30. The second-order valence-electron chi connectivity index (χ2n) is 7.66. The maximum absolute atomic E-state index is 13.1. The number of halogens is 1. The standard InChI is InChI=1S/C23H21ClN4O3/c1-13(2)14-4-8-16(9-5-14)25-21(29)18-12-27(3)20-19(18)26-23(31)28(22(20)30)17-10-6-15(24)7-11-17/h4-13H,1-3H3,(H,25,29)(H,26,31). The van der Waals surface area contributed by atoms with Crippen molar-refractivity contribution in [2.45, 2.75) is 19.8 Å². The van der Waals surface area contributed by atoms with E-state index in [0.717, 1.165) is 10.1 Å². The van der Waals surface area contributed by atoms with Crippen molar-refractivity contribution in [2.75, 3.05) is 5.32 Å². The molecular formula is C23H21ClN4O3. The number of carbonyl (C=O) groups excluding carboxylic acids is 1. The van der Waals surface area contributed by atoms with Gasteiger partial charge in [-0.15, -0.1) is 0 Å². The number of aromatic amines is 1. The molecule has 0 aliphatic rings. The summed E-state index contributed by atoms with van der Waals surface area (Å²) in [5.41, 5.74) is 1.63. The molecule has 0 radical (unpaired) electrons. The van der Waals surface area contributed by atoms with Gasteiger partial charge < -0.3 is 14.9 Å². The van der Waals surface area contributed by atoms with Gasteiger partial charge in [0.05, 0.1) is 16.8 Å². The molecule has 0 aliphatic heterocycles. The molecule has 4 aromatic rings. The summed E-state index contributed by atoms with van der Waals surface area (Å²) in [6.45, 7) is 4.19. The van der Waals surface area contributed by atoms with Gasteiger partial charge in [0.1, 0.15) is 5.52 Å². The molecule has 2 aromatic heterocycles. The number of nitrogens with zero attached hydrogens (tertiary/aromatic N) is 2. The average molecular weight is 437 g/mol. The van der Waals surface area contributed by atoms with Gasteiger partial charge >= 0.3 is 5.69 Å². The number of amides is 1. The van der Waals surface area contributed by atoms with Crippen LogP contribution in [0.4, 0.5) is 5.69 Å². The number of anilines is 1. The monoisotopic (exact) mass is 436 g/mol. The van der Waals surface area contributed by atoms with Crippen molar-refractivity contribution < 1.29 is 4.79 Å². The lowest BCUT2D eigenvalue weighted by atomic mass is 10.0. The van der Waals surface area contributed by atoms with Crippen LogP contribution >= 0.6 is 11.6 Å². The number of benzene rings is 2. The Kier molecular flexibility index (Phi) is 5.29. The summed E-state index contributed by atoms with van der Waals surface area (Å²) in [5, 5.41) is 3.32. The highest BCUT2D eigenvalue weighted by Gasteiger charge is 2.20. The number of fused-ring (bicyclic) bond motifs is 1. The van der Waals surface area contributed by atoms with Crippen LogP contribution < -0.4 is 16.6 Å². The number of carbonyl (C=O) groups is 1.